The van der Waals surface area contributed by atoms with Crippen molar-refractivity contribution in [3.05, 3.63) is 16.6 Å². The summed E-state index contributed by atoms with van der Waals surface area (Å²) in [5.41, 5.74) is 0.228. The summed E-state index contributed by atoms with van der Waals surface area (Å²) in [6.07, 6.45) is 0. The molecule has 1 heterocycles. The number of hydrogen-bond donors (Lipinski definition) is 1. The van der Waals surface area contributed by atoms with Crippen molar-refractivity contribution in [3.63, 3.8) is 0 Å². The molecule has 0 atom stereocenters. The van der Waals surface area contributed by atoms with Gasteiger partial charge < -0.3 is 5.11 Å². The Morgan fingerprint density at radius 3 is 2.64 bits per heavy atom. The summed E-state index contributed by atoms with van der Waals surface area (Å²) < 4.78 is 3.78. The zero-order valence-electron chi connectivity index (χ0n) is 7.68. The predicted octanol–water partition coefficient (Wildman–Crippen LogP) is 2.12. The maximum absolute atomic E-state index is 11.4. The lowest BCUT2D eigenvalue weighted by atomic mass is 10.4. The Bertz CT molecular complexity index is 359. The van der Waals surface area contributed by atoms with Gasteiger partial charge >= 0.3 is 5.97 Å². The zero-order valence-corrected chi connectivity index (χ0v) is 9.32. The molecule has 0 unspecified atom stereocenters. The molecule has 0 radical (unpaired) electrons. The highest BCUT2D eigenvalue weighted by Gasteiger charge is 2.15. The molecule has 0 fully saturated rings. The molecule has 76 valence electrons. The van der Waals surface area contributed by atoms with E-state index < -0.39 is 5.97 Å². The van der Waals surface area contributed by atoms with Crippen LogP contribution in [-0.2, 0) is 0 Å². The summed E-state index contributed by atoms with van der Waals surface area (Å²) in [6.45, 7) is 3.79. The minimum absolute atomic E-state index is 0.0951. The Morgan fingerprint density at radius 1 is 1.57 bits per heavy atom. The van der Waals surface area contributed by atoms with Gasteiger partial charge in [-0.1, -0.05) is 25.6 Å². The molecule has 0 aliphatic carbocycles. The van der Waals surface area contributed by atoms with Crippen LogP contribution >= 0.6 is 23.3 Å². The third kappa shape index (κ3) is 2.81. The van der Waals surface area contributed by atoms with Crippen molar-refractivity contribution in [1.82, 2.24) is 4.37 Å². The van der Waals surface area contributed by atoms with Crippen LogP contribution in [0.25, 0.3) is 0 Å². The van der Waals surface area contributed by atoms with Crippen LogP contribution < -0.4 is 0 Å². The van der Waals surface area contributed by atoms with E-state index in [1.165, 1.54) is 6.07 Å². The Balaban J connectivity index is 2.76. The number of hydrogen-bond acceptors (Lipinski definition) is 5. The smallest absolute Gasteiger partial charge is 0.347 e. The molecule has 0 spiro atoms. The van der Waals surface area contributed by atoms with Crippen molar-refractivity contribution in [2.75, 3.05) is 0 Å². The van der Waals surface area contributed by atoms with E-state index in [-0.39, 0.29) is 20.9 Å². The van der Waals surface area contributed by atoms with Crippen LogP contribution in [0.5, 0.6) is 0 Å². The lowest BCUT2D eigenvalue weighted by Gasteiger charge is -1.98. The quantitative estimate of drug-likeness (QED) is 0.863. The van der Waals surface area contributed by atoms with Gasteiger partial charge in [-0.25, -0.2) is 4.79 Å². The molecule has 6 heteroatoms. The molecule has 0 saturated carbocycles. The van der Waals surface area contributed by atoms with Gasteiger partial charge in [0.2, 0.25) is 5.12 Å². The third-order valence-corrected chi connectivity index (χ3v) is 2.94. The van der Waals surface area contributed by atoms with Gasteiger partial charge in [0, 0.05) is 5.25 Å². The molecule has 1 aromatic rings. The molecular weight excluding hydrogens is 222 g/mol. The Hall–Kier alpha value is -0.880. The maximum Gasteiger partial charge on any atom is 0.347 e. The molecule has 0 aliphatic heterocycles. The predicted molar refractivity (Wildman–Crippen MR) is 56.1 cm³/mol. The van der Waals surface area contributed by atoms with Crippen LogP contribution in [-0.4, -0.2) is 25.8 Å². The van der Waals surface area contributed by atoms with E-state index in [4.69, 9.17) is 5.11 Å². The first kappa shape index (κ1) is 11.2. The maximum atomic E-state index is 11.4. The number of carboxylic acid groups (broad SMARTS) is 1. The van der Waals surface area contributed by atoms with Gasteiger partial charge in [-0.3, -0.25) is 4.79 Å². The fourth-order valence-electron chi connectivity index (χ4n) is 0.747. The number of carboxylic acids is 1. The molecule has 0 saturated heterocycles. The van der Waals surface area contributed by atoms with Crippen LogP contribution in [0.15, 0.2) is 6.07 Å². The van der Waals surface area contributed by atoms with Crippen molar-refractivity contribution in [2.45, 2.75) is 19.1 Å². The average Bonchev–Trinajstić information content (AvgIpc) is 2.50. The number of carbonyl (C=O) groups is 2. The molecule has 0 amide bonds. The third-order valence-electron chi connectivity index (χ3n) is 1.27. The second-order valence-electron chi connectivity index (χ2n) is 2.84. The summed E-state index contributed by atoms with van der Waals surface area (Å²) in [5, 5.41) is 8.62. The van der Waals surface area contributed by atoms with Gasteiger partial charge in [0.15, 0.2) is 0 Å². The highest BCUT2D eigenvalue weighted by molar-refractivity contribution is 8.14. The zero-order chi connectivity index (χ0) is 10.7. The standard InChI is InChI=1S/C8H9NO3S2/c1-4(2)13-8(12)5-3-6(7(10)11)14-9-5/h3-4H,1-2H3,(H,10,11). The number of nitrogens with zero attached hydrogens (tertiary/aromatic N) is 1. The van der Waals surface area contributed by atoms with Gasteiger partial charge in [0.25, 0.3) is 0 Å². The summed E-state index contributed by atoms with van der Waals surface area (Å²) >= 11 is 1.97. The van der Waals surface area contributed by atoms with E-state index in [9.17, 15) is 9.59 Å². The minimum Gasteiger partial charge on any atom is -0.477 e. The normalized spacial score (nSPS) is 10.5. The van der Waals surface area contributed by atoms with Gasteiger partial charge in [-0.2, -0.15) is 4.37 Å². The molecular formula is C8H9NO3S2. The minimum atomic E-state index is -1.05. The fraction of sp³-hybridized carbons (Fsp3) is 0.375. The van der Waals surface area contributed by atoms with Gasteiger partial charge in [0.1, 0.15) is 10.6 Å². The number of rotatable bonds is 3. The summed E-state index contributed by atoms with van der Waals surface area (Å²) in [4.78, 5) is 22.0. The Kier molecular flexibility index (Phi) is 3.65. The fourth-order valence-corrected chi connectivity index (χ4v) is 2.03. The molecule has 14 heavy (non-hydrogen) atoms. The molecule has 0 aliphatic rings. The van der Waals surface area contributed by atoms with E-state index in [0.29, 0.717) is 0 Å². The molecule has 0 bridgehead atoms. The van der Waals surface area contributed by atoms with Crippen molar-refractivity contribution in [3.8, 4) is 0 Å². The first-order valence-corrected chi connectivity index (χ1v) is 5.57. The van der Waals surface area contributed by atoms with E-state index >= 15 is 0 Å². The first-order chi connectivity index (χ1) is 6.50. The number of aromatic nitrogens is 1. The number of thioether (sulfide) groups is 1. The number of aromatic carboxylic acids is 1. The molecule has 0 aromatic carbocycles. The SMILES string of the molecule is CC(C)SC(=O)c1cc(C(=O)O)sn1. The van der Waals surface area contributed by atoms with Gasteiger partial charge in [-0.05, 0) is 17.6 Å². The van der Waals surface area contributed by atoms with Crippen LogP contribution in [0.3, 0.4) is 0 Å². The van der Waals surface area contributed by atoms with E-state index in [1.54, 1.807) is 0 Å². The van der Waals surface area contributed by atoms with Gasteiger partial charge in [0.05, 0.1) is 0 Å². The Morgan fingerprint density at radius 2 is 2.21 bits per heavy atom. The van der Waals surface area contributed by atoms with Crippen molar-refractivity contribution < 1.29 is 14.7 Å². The summed E-state index contributed by atoms with van der Waals surface area (Å²) in [5.74, 6) is -1.05. The first-order valence-electron chi connectivity index (χ1n) is 3.91. The summed E-state index contributed by atoms with van der Waals surface area (Å²) in [6, 6.07) is 1.31. The van der Waals surface area contributed by atoms with Crippen LogP contribution in [0, 0.1) is 0 Å². The lowest BCUT2D eigenvalue weighted by molar-refractivity contribution is 0.0702. The van der Waals surface area contributed by atoms with Crippen LogP contribution in [0.4, 0.5) is 0 Å². The van der Waals surface area contributed by atoms with Crippen molar-refractivity contribution >= 4 is 34.4 Å². The largest absolute Gasteiger partial charge is 0.477 e. The van der Waals surface area contributed by atoms with Crippen LogP contribution in [0.1, 0.15) is 34.0 Å². The molecule has 1 N–H and O–H groups in total. The van der Waals surface area contributed by atoms with Crippen molar-refractivity contribution in [2.24, 2.45) is 0 Å². The van der Waals surface area contributed by atoms with Crippen LogP contribution in [0.2, 0.25) is 0 Å². The highest BCUT2D eigenvalue weighted by atomic mass is 32.2. The topological polar surface area (TPSA) is 67.3 Å². The van der Waals surface area contributed by atoms with Crippen molar-refractivity contribution in [1.29, 1.82) is 0 Å². The van der Waals surface area contributed by atoms with E-state index in [0.717, 1.165) is 23.3 Å². The Labute approximate surface area is 89.5 Å². The molecule has 1 rings (SSSR count). The lowest BCUT2D eigenvalue weighted by Crippen LogP contribution is -1.99. The van der Waals surface area contributed by atoms with E-state index in [1.807, 2.05) is 13.8 Å². The average molecular weight is 231 g/mol. The monoisotopic (exact) mass is 231 g/mol. The molecule has 4 nitrogen and oxygen atoms in total. The van der Waals surface area contributed by atoms with E-state index in [2.05, 4.69) is 4.37 Å². The van der Waals surface area contributed by atoms with Gasteiger partial charge in [-0.15, -0.1) is 0 Å². The number of carbonyl (C=O) groups excluding carboxylic acids is 1. The molecule has 1 aromatic heterocycles. The second kappa shape index (κ2) is 4.56. The highest BCUT2D eigenvalue weighted by Crippen LogP contribution is 2.19. The summed E-state index contributed by atoms with van der Waals surface area (Å²) in [7, 11) is 0. The second-order valence-corrected chi connectivity index (χ2v) is 5.19.